The molecule has 0 radical (unpaired) electrons. The molecule has 1 heterocycles. The Labute approximate surface area is 160 Å². The van der Waals surface area contributed by atoms with Gasteiger partial charge in [0.25, 0.3) is 0 Å². The summed E-state index contributed by atoms with van der Waals surface area (Å²) in [6.07, 6.45) is 8.11. The van der Waals surface area contributed by atoms with Gasteiger partial charge >= 0.3 is 0 Å². The number of carbonyl (C=O) groups is 1. The molecule has 1 aliphatic heterocycles. The summed E-state index contributed by atoms with van der Waals surface area (Å²) in [4.78, 5) is 17.1. The summed E-state index contributed by atoms with van der Waals surface area (Å²) in [5.41, 5.74) is 5.99. The van der Waals surface area contributed by atoms with Crippen LogP contribution in [-0.4, -0.2) is 54.5 Å². The third-order valence-electron chi connectivity index (χ3n) is 5.34. The second-order valence-corrected chi connectivity index (χ2v) is 8.33. The maximum Gasteiger partial charge on any atom is 0.240 e. The van der Waals surface area contributed by atoms with Crippen LogP contribution >= 0.6 is 24.8 Å². The Morgan fingerprint density at radius 2 is 1.62 bits per heavy atom. The Morgan fingerprint density at radius 3 is 2.21 bits per heavy atom. The smallest absolute Gasteiger partial charge is 0.240 e. The van der Waals surface area contributed by atoms with E-state index >= 15 is 0 Å². The number of hydrogen-bond acceptors (Lipinski definition) is 3. The fraction of sp³-hybridized carbons (Fsp3) is 0.944. The van der Waals surface area contributed by atoms with Crippen LogP contribution in [0.5, 0.6) is 0 Å². The number of nitrogens with zero attached hydrogens (tertiary/aromatic N) is 2. The van der Waals surface area contributed by atoms with Crippen LogP contribution in [0.15, 0.2) is 0 Å². The molecule has 0 bridgehead atoms. The third-order valence-corrected chi connectivity index (χ3v) is 5.34. The van der Waals surface area contributed by atoms with Crippen molar-refractivity contribution in [1.29, 1.82) is 0 Å². The van der Waals surface area contributed by atoms with Gasteiger partial charge in [0.1, 0.15) is 0 Å². The highest BCUT2D eigenvalue weighted by Gasteiger charge is 2.32. The molecule has 144 valence electrons. The average molecular weight is 382 g/mol. The molecule has 0 unspecified atom stereocenters. The Bertz CT molecular complexity index is 368. The lowest BCUT2D eigenvalue weighted by molar-refractivity contribution is -0.134. The van der Waals surface area contributed by atoms with Gasteiger partial charge in [-0.15, -0.1) is 24.8 Å². The SMILES string of the molecule is CC(C)(C)[C@H](N)C(=O)N1CCCN(CC2CCCCC2)CC1.Cl.Cl. The van der Waals surface area contributed by atoms with E-state index in [0.717, 1.165) is 38.5 Å². The highest BCUT2D eigenvalue weighted by atomic mass is 35.5. The van der Waals surface area contributed by atoms with E-state index in [4.69, 9.17) is 5.73 Å². The topological polar surface area (TPSA) is 49.6 Å². The molecule has 1 saturated carbocycles. The van der Waals surface area contributed by atoms with E-state index in [2.05, 4.69) is 4.90 Å². The van der Waals surface area contributed by atoms with Crippen molar-refractivity contribution in [2.45, 2.75) is 65.3 Å². The largest absolute Gasteiger partial charge is 0.340 e. The van der Waals surface area contributed by atoms with Crippen molar-refractivity contribution in [3.8, 4) is 0 Å². The second-order valence-electron chi connectivity index (χ2n) is 8.33. The monoisotopic (exact) mass is 381 g/mol. The number of rotatable bonds is 3. The van der Waals surface area contributed by atoms with Gasteiger partial charge in [0.15, 0.2) is 0 Å². The summed E-state index contributed by atoms with van der Waals surface area (Å²) >= 11 is 0. The van der Waals surface area contributed by atoms with Gasteiger partial charge < -0.3 is 15.5 Å². The average Bonchev–Trinajstić information content (AvgIpc) is 2.71. The third kappa shape index (κ3) is 7.07. The van der Waals surface area contributed by atoms with Crippen molar-refractivity contribution >= 4 is 30.7 Å². The second kappa shape index (κ2) is 10.8. The van der Waals surface area contributed by atoms with Gasteiger partial charge in [-0.25, -0.2) is 0 Å². The predicted octanol–water partition coefficient (Wildman–Crippen LogP) is 3.32. The molecule has 24 heavy (non-hydrogen) atoms. The zero-order valence-electron chi connectivity index (χ0n) is 15.6. The standard InChI is InChI=1S/C18H35N3O.2ClH/c1-18(2,3)16(19)17(22)21-11-7-10-20(12-13-21)14-15-8-5-4-6-9-15;;/h15-16H,4-14,19H2,1-3H3;2*1H/t16-;;/m1../s1. The summed E-state index contributed by atoms with van der Waals surface area (Å²) in [5, 5.41) is 0. The first kappa shape index (κ1) is 24.0. The maximum absolute atomic E-state index is 12.6. The fourth-order valence-corrected chi connectivity index (χ4v) is 3.68. The molecule has 0 aromatic carbocycles. The van der Waals surface area contributed by atoms with Crippen LogP contribution in [0.3, 0.4) is 0 Å². The molecule has 2 N–H and O–H groups in total. The van der Waals surface area contributed by atoms with E-state index in [-0.39, 0.29) is 36.1 Å². The molecule has 1 aliphatic carbocycles. The number of amides is 1. The van der Waals surface area contributed by atoms with Gasteiger partial charge in [0.2, 0.25) is 5.91 Å². The highest BCUT2D eigenvalue weighted by molar-refractivity contribution is 5.85. The molecule has 1 saturated heterocycles. The lowest BCUT2D eigenvalue weighted by atomic mass is 9.86. The van der Waals surface area contributed by atoms with Gasteiger partial charge in [-0.1, -0.05) is 40.0 Å². The molecule has 0 aromatic heterocycles. The number of nitrogens with two attached hydrogens (primary N) is 1. The minimum Gasteiger partial charge on any atom is -0.340 e. The summed E-state index contributed by atoms with van der Waals surface area (Å²) in [7, 11) is 0. The van der Waals surface area contributed by atoms with Crippen LogP contribution in [0.2, 0.25) is 0 Å². The van der Waals surface area contributed by atoms with Crippen molar-refractivity contribution in [3.05, 3.63) is 0 Å². The van der Waals surface area contributed by atoms with Gasteiger partial charge in [0.05, 0.1) is 6.04 Å². The lowest BCUT2D eigenvalue weighted by Crippen LogP contribution is -2.51. The molecule has 0 spiro atoms. The molecule has 2 rings (SSSR count). The normalized spacial score (nSPS) is 22.1. The molecule has 4 nitrogen and oxygen atoms in total. The van der Waals surface area contributed by atoms with Crippen LogP contribution in [0.1, 0.15) is 59.3 Å². The summed E-state index contributed by atoms with van der Waals surface area (Å²) in [5.74, 6) is 1.01. The molecule has 6 heteroatoms. The van der Waals surface area contributed by atoms with E-state index in [0.29, 0.717) is 0 Å². The first-order chi connectivity index (χ1) is 10.4. The van der Waals surface area contributed by atoms with E-state index in [1.165, 1.54) is 38.6 Å². The maximum atomic E-state index is 12.6. The molecule has 0 aromatic rings. The molecular weight excluding hydrogens is 345 g/mol. The van der Waals surface area contributed by atoms with Gasteiger partial charge in [-0.2, -0.15) is 0 Å². The van der Waals surface area contributed by atoms with E-state index in [1.54, 1.807) is 0 Å². The number of hydrogen-bond donors (Lipinski definition) is 1. The summed E-state index contributed by atoms with van der Waals surface area (Å²) in [6, 6.07) is -0.391. The molecule has 1 amide bonds. The van der Waals surface area contributed by atoms with E-state index in [1.807, 2.05) is 25.7 Å². The summed E-state index contributed by atoms with van der Waals surface area (Å²) in [6.45, 7) is 11.2. The highest BCUT2D eigenvalue weighted by Crippen LogP contribution is 2.25. The molecule has 2 fully saturated rings. The van der Waals surface area contributed by atoms with Crippen LogP contribution in [-0.2, 0) is 4.79 Å². The van der Waals surface area contributed by atoms with Crippen LogP contribution in [0.25, 0.3) is 0 Å². The van der Waals surface area contributed by atoms with Gasteiger partial charge in [-0.3, -0.25) is 4.79 Å². The van der Waals surface area contributed by atoms with Gasteiger partial charge in [0, 0.05) is 26.2 Å². The van der Waals surface area contributed by atoms with Gasteiger partial charge in [-0.05, 0) is 37.1 Å². The van der Waals surface area contributed by atoms with E-state index in [9.17, 15) is 4.79 Å². The van der Waals surface area contributed by atoms with Crippen LogP contribution in [0, 0.1) is 11.3 Å². The first-order valence-electron chi connectivity index (χ1n) is 9.14. The Hall–Kier alpha value is -0.0300. The minimum absolute atomic E-state index is 0. The van der Waals surface area contributed by atoms with Crippen LogP contribution in [0.4, 0.5) is 0 Å². The minimum atomic E-state index is -0.391. The first-order valence-corrected chi connectivity index (χ1v) is 9.14. The Kier molecular flexibility index (Phi) is 10.8. The quantitative estimate of drug-likeness (QED) is 0.815. The van der Waals surface area contributed by atoms with Crippen LogP contribution < -0.4 is 5.73 Å². The fourth-order valence-electron chi connectivity index (χ4n) is 3.68. The molecule has 1 atom stereocenters. The Morgan fingerprint density at radius 1 is 1.00 bits per heavy atom. The van der Waals surface area contributed by atoms with Crippen molar-refractivity contribution < 1.29 is 4.79 Å². The Balaban J connectivity index is 0.00000264. The zero-order valence-corrected chi connectivity index (χ0v) is 17.3. The van der Waals surface area contributed by atoms with Crippen molar-refractivity contribution in [1.82, 2.24) is 9.80 Å². The van der Waals surface area contributed by atoms with Crippen molar-refractivity contribution in [2.24, 2.45) is 17.1 Å². The molecule has 2 aliphatic rings. The van der Waals surface area contributed by atoms with Crippen molar-refractivity contribution in [3.63, 3.8) is 0 Å². The molecular formula is C18H37Cl2N3O. The lowest BCUT2D eigenvalue weighted by Gasteiger charge is -2.32. The zero-order chi connectivity index (χ0) is 16.2. The summed E-state index contributed by atoms with van der Waals surface area (Å²) < 4.78 is 0. The predicted molar refractivity (Wildman–Crippen MR) is 106 cm³/mol. The number of halogens is 2. The number of carbonyl (C=O) groups excluding carboxylic acids is 1. The van der Waals surface area contributed by atoms with Crippen molar-refractivity contribution in [2.75, 3.05) is 32.7 Å². The van der Waals surface area contributed by atoms with E-state index < -0.39 is 6.04 Å².